The van der Waals surface area contributed by atoms with E-state index >= 15 is 0 Å². The van der Waals surface area contributed by atoms with E-state index in [0.29, 0.717) is 0 Å². The number of rotatable bonds is 0. The lowest BCUT2D eigenvalue weighted by atomic mass is 11.3. The van der Waals surface area contributed by atoms with Crippen molar-refractivity contribution in [2.45, 2.75) is 0 Å². The molecule has 0 atom stereocenters. The van der Waals surface area contributed by atoms with Crippen molar-refractivity contribution in [3.63, 3.8) is 0 Å². The lowest BCUT2D eigenvalue weighted by molar-refractivity contribution is 2.13. The second-order valence-electron chi connectivity index (χ2n) is 0. The lowest BCUT2D eigenvalue weighted by Crippen LogP contribution is -0.552. The predicted molar refractivity (Wildman–Crippen MR) is 50.0 cm³/mol. The zero-order chi connectivity index (χ0) is 8.00. The van der Waals surface area contributed by atoms with Crippen molar-refractivity contribution in [3.8, 4) is 0 Å². The summed E-state index contributed by atoms with van der Waals surface area (Å²) in [5.74, 6) is 0. The van der Waals surface area contributed by atoms with E-state index in [-0.39, 0.29) is 6.15 Å². The van der Waals surface area contributed by atoms with E-state index in [1.54, 1.807) is 0 Å². The summed E-state index contributed by atoms with van der Waals surface area (Å²) in [6.45, 7) is 24.0. The Balaban J connectivity index is -0.00000000762. The van der Waals surface area contributed by atoms with E-state index < -0.39 is 0 Å². The molecular formula is C8H19N. The largest absolute Gasteiger partial charge is 0.344 e. The second kappa shape index (κ2) is 208. The van der Waals surface area contributed by atoms with Gasteiger partial charge in [0.05, 0.1) is 0 Å². The average molecular weight is 129 g/mol. The maximum Gasteiger partial charge on any atom is -0.106 e. The van der Waals surface area contributed by atoms with E-state index in [0.717, 1.165) is 0 Å². The molecule has 0 radical (unpaired) electrons. The molecule has 0 amide bonds. The van der Waals surface area contributed by atoms with E-state index in [1.807, 2.05) is 0 Å². The van der Waals surface area contributed by atoms with Gasteiger partial charge in [-0.2, -0.15) is 0 Å². The minimum atomic E-state index is 0. The van der Waals surface area contributed by atoms with Gasteiger partial charge < -0.3 is 6.15 Å². The van der Waals surface area contributed by atoms with Gasteiger partial charge in [-0.15, -0.1) is 52.6 Å². The maximum atomic E-state index is 3.00. The zero-order valence-corrected chi connectivity index (χ0v) is 6.36. The van der Waals surface area contributed by atoms with Crippen molar-refractivity contribution < 1.29 is 0 Å². The SMILES string of the molecule is C=C.C=C.C=C.C=C.N. The summed E-state index contributed by atoms with van der Waals surface area (Å²) in [7, 11) is 0. The monoisotopic (exact) mass is 129 g/mol. The standard InChI is InChI=1S/4C2H4.H3N/c4*1-2;/h4*1-2H2;1H3. The van der Waals surface area contributed by atoms with Gasteiger partial charge in [-0.25, -0.2) is 0 Å². The molecule has 9 heavy (non-hydrogen) atoms. The highest BCUT2D eigenvalue weighted by Crippen LogP contribution is 0.868. The Morgan fingerprint density at radius 1 is 0.333 bits per heavy atom. The molecule has 0 aliphatic heterocycles. The molecule has 1 heteroatoms. The fourth-order valence-corrected chi connectivity index (χ4v) is 0. The Bertz CT molecular complexity index is 12.5. The van der Waals surface area contributed by atoms with E-state index in [1.165, 1.54) is 0 Å². The number of hydrogen-bond acceptors (Lipinski definition) is 1. The van der Waals surface area contributed by atoms with Gasteiger partial charge in [0, 0.05) is 0 Å². The van der Waals surface area contributed by atoms with Crippen LogP contribution < -0.4 is 6.15 Å². The molecule has 1 nitrogen and oxygen atoms in total. The van der Waals surface area contributed by atoms with Gasteiger partial charge >= 0.3 is 0 Å². The minimum absolute atomic E-state index is 0. The Labute approximate surface area is 59.7 Å². The van der Waals surface area contributed by atoms with Crippen LogP contribution in [0.2, 0.25) is 0 Å². The first-order chi connectivity index (χ1) is 4.00. The Morgan fingerprint density at radius 3 is 0.333 bits per heavy atom. The summed E-state index contributed by atoms with van der Waals surface area (Å²) >= 11 is 0. The summed E-state index contributed by atoms with van der Waals surface area (Å²) in [4.78, 5) is 0. The van der Waals surface area contributed by atoms with Gasteiger partial charge in [-0.05, 0) is 0 Å². The predicted octanol–water partition coefficient (Wildman–Crippen LogP) is 3.37. The van der Waals surface area contributed by atoms with Crippen LogP contribution in [0.5, 0.6) is 0 Å². The molecule has 0 aromatic carbocycles. The van der Waals surface area contributed by atoms with Gasteiger partial charge in [-0.3, -0.25) is 0 Å². The molecule has 0 aromatic heterocycles. The molecule has 0 aromatic rings. The third kappa shape index (κ3) is 144. The zero-order valence-electron chi connectivity index (χ0n) is 6.36. The van der Waals surface area contributed by atoms with Crippen molar-refractivity contribution in [1.29, 1.82) is 0 Å². The summed E-state index contributed by atoms with van der Waals surface area (Å²) in [6.07, 6.45) is 0. The fourth-order valence-electron chi connectivity index (χ4n) is 0. The normalized spacial score (nSPS) is 1.78. The van der Waals surface area contributed by atoms with Crippen LogP contribution in [0, 0.1) is 0 Å². The van der Waals surface area contributed by atoms with Crippen molar-refractivity contribution in [3.05, 3.63) is 52.6 Å². The van der Waals surface area contributed by atoms with Crippen LogP contribution >= 0.6 is 0 Å². The Kier molecular flexibility index (Phi) is 1030. The quantitative estimate of drug-likeness (QED) is 0.500. The van der Waals surface area contributed by atoms with Crippen LogP contribution in [0.25, 0.3) is 0 Å². The molecule has 0 rings (SSSR count). The molecule has 0 aliphatic rings. The lowest BCUT2D eigenvalue weighted by Gasteiger charge is -0.813. The Morgan fingerprint density at radius 2 is 0.333 bits per heavy atom. The molecule has 0 aliphatic carbocycles. The first-order valence-corrected chi connectivity index (χ1v) is 2.00. The minimum Gasteiger partial charge on any atom is -0.344 e. The van der Waals surface area contributed by atoms with Crippen molar-refractivity contribution >= 4 is 0 Å². The van der Waals surface area contributed by atoms with Crippen molar-refractivity contribution in [2.75, 3.05) is 0 Å². The highest BCUT2D eigenvalue weighted by molar-refractivity contribution is 4.23. The van der Waals surface area contributed by atoms with Crippen LogP contribution in [-0.2, 0) is 0 Å². The van der Waals surface area contributed by atoms with Gasteiger partial charge in [0.15, 0.2) is 0 Å². The molecule has 0 unspecified atom stereocenters. The Hall–Kier alpha value is -1.08. The van der Waals surface area contributed by atoms with Gasteiger partial charge in [0.25, 0.3) is 0 Å². The number of hydrogen-bond donors (Lipinski definition) is 1. The van der Waals surface area contributed by atoms with E-state index in [4.69, 9.17) is 0 Å². The highest BCUT2D eigenvalue weighted by atomic mass is 14.0. The van der Waals surface area contributed by atoms with Crippen LogP contribution in [0.15, 0.2) is 52.6 Å². The van der Waals surface area contributed by atoms with Gasteiger partial charge in [-0.1, -0.05) is 0 Å². The summed E-state index contributed by atoms with van der Waals surface area (Å²) < 4.78 is 0. The topological polar surface area (TPSA) is 35.0 Å². The highest BCUT2D eigenvalue weighted by Gasteiger charge is 0.607. The molecule has 0 saturated heterocycles. The van der Waals surface area contributed by atoms with E-state index in [2.05, 4.69) is 52.6 Å². The molecule has 0 fully saturated rings. The molecule has 0 spiro atoms. The van der Waals surface area contributed by atoms with Crippen molar-refractivity contribution in [1.82, 2.24) is 6.15 Å². The van der Waals surface area contributed by atoms with Crippen LogP contribution in [0.1, 0.15) is 0 Å². The van der Waals surface area contributed by atoms with Crippen LogP contribution in [0.4, 0.5) is 0 Å². The first-order valence-electron chi connectivity index (χ1n) is 2.00. The molecule has 3 N–H and O–H groups in total. The molecule has 0 bridgehead atoms. The van der Waals surface area contributed by atoms with E-state index in [9.17, 15) is 0 Å². The molecule has 0 heterocycles. The third-order valence-corrected chi connectivity index (χ3v) is 0. The second-order valence-corrected chi connectivity index (χ2v) is 0. The summed E-state index contributed by atoms with van der Waals surface area (Å²) in [5.41, 5.74) is 0. The molecule has 0 saturated carbocycles. The third-order valence-electron chi connectivity index (χ3n) is 0. The van der Waals surface area contributed by atoms with Gasteiger partial charge in [0.1, 0.15) is 0 Å². The summed E-state index contributed by atoms with van der Waals surface area (Å²) in [6, 6.07) is 0. The average Bonchev–Trinajstić information content (AvgIpc) is 2.03. The van der Waals surface area contributed by atoms with Crippen LogP contribution in [0.3, 0.4) is 0 Å². The molecule has 56 valence electrons. The van der Waals surface area contributed by atoms with Crippen molar-refractivity contribution in [2.24, 2.45) is 0 Å². The maximum absolute atomic E-state index is 3.00. The smallest absolute Gasteiger partial charge is 0.106 e. The van der Waals surface area contributed by atoms with Crippen LogP contribution in [-0.4, -0.2) is 0 Å². The van der Waals surface area contributed by atoms with Gasteiger partial charge in [0.2, 0.25) is 0 Å². The summed E-state index contributed by atoms with van der Waals surface area (Å²) in [5, 5.41) is 0. The first kappa shape index (κ1) is 44.5. The molecular weight excluding hydrogens is 110 g/mol. The fraction of sp³-hybridized carbons (Fsp3) is 0.